The van der Waals surface area contributed by atoms with Crippen molar-refractivity contribution in [2.75, 3.05) is 13.2 Å². The minimum Gasteiger partial charge on any atom is -0.503 e. The molecule has 29 heavy (non-hydrogen) atoms. The summed E-state index contributed by atoms with van der Waals surface area (Å²) in [6, 6.07) is -0.0528. The molecule has 2 aromatic rings. The minimum atomic E-state index is -0.847. The zero-order valence-electron chi connectivity index (χ0n) is 16.1. The minimum absolute atomic E-state index is 0.0528. The molecule has 2 aliphatic rings. The number of hydrogen-bond acceptors (Lipinski definition) is 6. The van der Waals surface area contributed by atoms with Gasteiger partial charge < -0.3 is 29.2 Å². The van der Waals surface area contributed by atoms with Crippen LogP contribution in [0, 0.1) is 0 Å². The number of aromatic nitrogens is 3. The summed E-state index contributed by atoms with van der Waals surface area (Å²) in [5, 5.41) is 13.1. The Labute approximate surface area is 166 Å². The van der Waals surface area contributed by atoms with Crippen molar-refractivity contribution < 1.29 is 19.4 Å². The molecule has 0 radical (unpaired) electrons. The number of nitrogens with one attached hydrogen (secondary N) is 1. The topological polar surface area (TPSA) is 119 Å². The largest absolute Gasteiger partial charge is 0.503 e. The highest BCUT2D eigenvalue weighted by Gasteiger charge is 2.40. The van der Waals surface area contributed by atoms with Crippen LogP contribution in [0.3, 0.4) is 0 Å². The molecule has 4 rings (SSSR count). The van der Waals surface area contributed by atoms with Gasteiger partial charge >= 0.3 is 0 Å². The molecule has 2 aromatic heterocycles. The fourth-order valence-electron chi connectivity index (χ4n) is 3.80. The van der Waals surface area contributed by atoms with E-state index in [1.807, 2.05) is 17.7 Å². The van der Waals surface area contributed by atoms with E-state index >= 15 is 0 Å². The van der Waals surface area contributed by atoms with Gasteiger partial charge in [-0.2, -0.15) is 0 Å². The van der Waals surface area contributed by atoms with Crippen LogP contribution in [0.2, 0.25) is 0 Å². The van der Waals surface area contributed by atoms with Gasteiger partial charge in [-0.3, -0.25) is 14.4 Å². The van der Waals surface area contributed by atoms with E-state index in [1.165, 1.54) is 10.8 Å². The standard InChI is InChI=1S/C19H23N5O5/c1-12-3-8-29-14-10-23-9-13(16(25)17(26)15(23)19(28)24(12)14)18(27)21-4-2-6-22-7-5-20-11-22/h5,7,9,11-12,14,26H,2-4,6,8,10H2,1H3,(H,21,27)/t12-,14+/m1/s1. The monoisotopic (exact) mass is 401 g/mol. The lowest BCUT2D eigenvalue weighted by Crippen LogP contribution is -2.57. The molecule has 1 fully saturated rings. The van der Waals surface area contributed by atoms with Crippen LogP contribution in [0.1, 0.15) is 40.6 Å². The Hall–Kier alpha value is -3.14. The summed E-state index contributed by atoms with van der Waals surface area (Å²) < 4.78 is 9.01. The van der Waals surface area contributed by atoms with Gasteiger partial charge in [0, 0.05) is 37.7 Å². The van der Waals surface area contributed by atoms with Gasteiger partial charge in [0.2, 0.25) is 5.43 Å². The highest BCUT2D eigenvalue weighted by Crippen LogP contribution is 2.29. The van der Waals surface area contributed by atoms with E-state index < -0.39 is 29.2 Å². The van der Waals surface area contributed by atoms with Crippen LogP contribution in [0.25, 0.3) is 0 Å². The zero-order valence-corrected chi connectivity index (χ0v) is 16.1. The number of rotatable bonds is 5. The third-order valence-corrected chi connectivity index (χ3v) is 5.36. The van der Waals surface area contributed by atoms with Gasteiger partial charge in [-0.05, 0) is 19.8 Å². The van der Waals surface area contributed by atoms with E-state index in [0.29, 0.717) is 32.5 Å². The summed E-state index contributed by atoms with van der Waals surface area (Å²) in [6.45, 7) is 3.72. The first-order chi connectivity index (χ1) is 14.0. The molecule has 1 saturated heterocycles. The Morgan fingerprint density at radius 2 is 2.24 bits per heavy atom. The normalized spacial score (nSPS) is 20.9. The number of carbonyl (C=O) groups is 2. The third-order valence-electron chi connectivity index (χ3n) is 5.36. The number of fused-ring (bicyclic) bond motifs is 2. The van der Waals surface area contributed by atoms with Crippen LogP contribution in [-0.4, -0.2) is 61.4 Å². The molecular formula is C19H23N5O5. The van der Waals surface area contributed by atoms with E-state index in [0.717, 1.165) is 0 Å². The Bertz CT molecular complexity index is 984. The molecule has 154 valence electrons. The van der Waals surface area contributed by atoms with Crippen LogP contribution >= 0.6 is 0 Å². The fourth-order valence-corrected chi connectivity index (χ4v) is 3.80. The predicted octanol–water partition coefficient (Wildman–Crippen LogP) is 0.161. The Morgan fingerprint density at radius 3 is 3.00 bits per heavy atom. The van der Waals surface area contributed by atoms with E-state index in [2.05, 4.69) is 10.3 Å². The molecule has 0 unspecified atom stereocenters. The summed E-state index contributed by atoms with van der Waals surface area (Å²) in [6.07, 6.45) is 7.38. The second-order valence-corrected chi connectivity index (χ2v) is 7.31. The van der Waals surface area contributed by atoms with E-state index in [-0.39, 0.29) is 23.8 Å². The molecule has 2 aliphatic heterocycles. The molecule has 0 aromatic carbocycles. The first-order valence-corrected chi connectivity index (χ1v) is 9.62. The van der Waals surface area contributed by atoms with Gasteiger partial charge in [0.05, 0.1) is 19.5 Å². The van der Waals surface area contributed by atoms with Crippen molar-refractivity contribution in [1.29, 1.82) is 0 Å². The number of hydrogen-bond donors (Lipinski definition) is 2. The van der Waals surface area contributed by atoms with E-state index in [9.17, 15) is 19.5 Å². The Morgan fingerprint density at radius 1 is 1.41 bits per heavy atom. The molecule has 0 saturated carbocycles. The summed E-state index contributed by atoms with van der Waals surface area (Å²) in [5.41, 5.74) is -1.14. The second-order valence-electron chi connectivity index (χ2n) is 7.31. The lowest BCUT2D eigenvalue weighted by molar-refractivity contribution is -0.112. The average Bonchev–Trinajstić information content (AvgIpc) is 3.21. The van der Waals surface area contributed by atoms with Crippen LogP contribution in [-0.2, 0) is 17.8 Å². The molecule has 2 atom stereocenters. The molecule has 10 heteroatoms. The van der Waals surface area contributed by atoms with E-state index in [4.69, 9.17) is 4.74 Å². The van der Waals surface area contributed by atoms with Crippen LogP contribution < -0.4 is 10.7 Å². The molecule has 2 N–H and O–H groups in total. The van der Waals surface area contributed by atoms with Crippen molar-refractivity contribution in [3.63, 3.8) is 0 Å². The number of ether oxygens (including phenoxy) is 1. The Balaban J connectivity index is 1.52. The van der Waals surface area contributed by atoms with Crippen LogP contribution in [0.5, 0.6) is 5.75 Å². The van der Waals surface area contributed by atoms with Gasteiger partial charge in [-0.15, -0.1) is 0 Å². The lowest BCUT2D eigenvalue weighted by Gasteiger charge is -2.44. The number of aromatic hydroxyl groups is 1. The van der Waals surface area contributed by atoms with Crippen molar-refractivity contribution in [3.05, 3.63) is 46.4 Å². The van der Waals surface area contributed by atoms with Crippen molar-refractivity contribution in [1.82, 2.24) is 24.3 Å². The SMILES string of the molecule is C[C@@H]1CCO[C@H]2Cn3cc(C(=O)NCCCn4ccnc4)c(=O)c(O)c3C(=O)N12. The van der Waals surface area contributed by atoms with Gasteiger partial charge in [-0.1, -0.05) is 0 Å². The third kappa shape index (κ3) is 3.51. The zero-order chi connectivity index (χ0) is 20.5. The molecule has 10 nitrogen and oxygen atoms in total. The number of aryl methyl sites for hydroxylation is 1. The maximum Gasteiger partial charge on any atom is 0.276 e. The second kappa shape index (κ2) is 7.70. The molecule has 0 bridgehead atoms. The first-order valence-electron chi connectivity index (χ1n) is 9.62. The number of pyridine rings is 1. The molecule has 0 spiro atoms. The highest BCUT2D eigenvalue weighted by atomic mass is 16.5. The van der Waals surface area contributed by atoms with Crippen molar-refractivity contribution in [3.8, 4) is 5.75 Å². The van der Waals surface area contributed by atoms with Crippen molar-refractivity contribution in [2.45, 2.75) is 45.1 Å². The van der Waals surface area contributed by atoms with E-state index in [1.54, 1.807) is 17.4 Å². The number of nitrogens with zero attached hydrogens (tertiary/aromatic N) is 4. The van der Waals surface area contributed by atoms with Gasteiger partial charge in [0.1, 0.15) is 5.56 Å². The summed E-state index contributed by atoms with van der Waals surface area (Å²) in [4.78, 5) is 43.4. The van der Waals surface area contributed by atoms with Crippen molar-refractivity contribution in [2.24, 2.45) is 0 Å². The van der Waals surface area contributed by atoms with Gasteiger partial charge in [0.25, 0.3) is 11.8 Å². The van der Waals surface area contributed by atoms with Gasteiger partial charge in [0.15, 0.2) is 17.7 Å². The van der Waals surface area contributed by atoms with Crippen LogP contribution in [0.15, 0.2) is 29.7 Å². The lowest BCUT2D eigenvalue weighted by atomic mass is 10.1. The van der Waals surface area contributed by atoms with Gasteiger partial charge in [-0.25, -0.2) is 4.98 Å². The summed E-state index contributed by atoms with van der Waals surface area (Å²) >= 11 is 0. The maximum absolute atomic E-state index is 12.9. The average molecular weight is 401 g/mol. The highest BCUT2D eigenvalue weighted by molar-refractivity contribution is 5.99. The number of carbonyl (C=O) groups excluding carboxylic acids is 2. The molecule has 4 heterocycles. The maximum atomic E-state index is 12.9. The first kappa shape index (κ1) is 19.2. The summed E-state index contributed by atoms with van der Waals surface area (Å²) in [5.74, 6) is -1.74. The molecule has 0 aliphatic carbocycles. The quantitative estimate of drug-likeness (QED) is 0.689. The predicted molar refractivity (Wildman–Crippen MR) is 102 cm³/mol. The van der Waals surface area contributed by atoms with Crippen molar-refractivity contribution >= 4 is 11.8 Å². The number of amides is 2. The fraction of sp³-hybridized carbons (Fsp3) is 0.474. The summed E-state index contributed by atoms with van der Waals surface area (Å²) in [7, 11) is 0. The van der Waals surface area contributed by atoms with Crippen LogP contribution in [0.4, 0.5) is 0 Å². The molecule has 2 amide bonds. The Kier molecular flexibility index (Phi) is 5.10. The molecular weight excluding hydrogens is 378 g/mol. The smallest absolute Gasteiger partial charge is 0.276 e. The number of imidazole rings is 1.